The summed E-state index contributed by atoms with van der Waals surface area (Å²) >= 11 is 0. The second-order valence-corrected chi connectivity index (χ2v) is 10.6. The first-order valence-electron chi connectivity index (χ1n) is 12.7. The lowest BCUT2D eigenvalue weighted by atomic mass is 10.0. The molecule has 0 saturated carbocycles. The number of fused-ring (bicyclic) bond motifs is 1. The molecule has 4 aromatic rings. The number of hydrogen-bond donors (Lipinski definition) is 0. The maximum absolute atomic E-state index is 15.1. The van der Waals surface area contributed by atoms with Crippen molar-refractivity contribution in [1.29, 1.82) is 5.26 Å². The van der Waals surface area contributed by atoms with Crippen molar-refractivity contribution in [1.82, 2.24) is 29.4 Å². The number of piperazine rings is 1. The summed E-state index contributed by atoms with van der Waals surface area (Å²) in [6.07, 6.45) is 4.31. The van der Waals surface area contributed by atoms with Gasteiger partial charge in [-0.1, -0.05) is 18.2 Å². The Kier molecular flexibility index (Phi) is 6.64. The summed E-state index contributed by atoms with van der Waals surface area (Å²) in [5.41, 5.74) is 1.02. The number of nitrogens with zero attached hydrogens (tertiary/aromatic N) is 8. The molecule has 1 fully saturated rings. The Morgan fingerprint density at radius 3 is 2.56 bits per heavy atom. The minimum atomic E-state index is -0.599. The number of carbonyl (C=O) groups is 1. The highest BCUT2D eigenvalue weighted by molar-refractivity contribution is 6.02. The van der Waals surface area contributed by atoms with Crippen LogP contribution >= 0.6 is 0 Å². The number of carbonyl (C=O) groups excluding carboxylic acids is 1. The number of ether oxygens (including phenoxy) is 1. The summed E-state index contributed by atoms with van der Waals surface area (Å²) in [6, 6.07) is 9.75. The molecule has 0 aliphatic carbocycles. The molecule has 1 aliphatic heterocycles. The molecule has 0 spiro atoms. The highest BCUT2D eigenvalue weighted by Crippen LogP contribution is 2.38. The van der Waals surface area contributed by atoms with Gasteiger partial charge in [0.15, 0.2) is 5.65 Å². The van der Waals surface area contributed by atoms with E-state index in [4.69, 9.17) is 4.74 Å². The Balaban J connectivity index is 1.64. The topological polar surface area (TPSA) is 113 Å². The number of aromatic nitrogens is 5. The predicted octanol–water partition coefficient (Wildman–Crippen LogP) is 4.72. The average molecular weight is 529 g/mol. The molecule has 0 radical (unpaired) electrons. The van der Waals surface area contributed by atoms with Crippen LogP contribution in [0.3, 0.4) is 0 Å². The normalized spacial score (nSPS) is 17.8. The quantitative estimate of drug-likeness (QED) is 0.375. The standard InChI is InChI=1S/C28H29FN8O2/c1-17-14-36(27(38)39-28(3,4)5)18(2)13-35(17)24-23-21(20-8-6-7-9-22(20)29)15-37(25(23)33-16-32-24)26-31-11-10-19(12-30)34-26/h6-11,15-18H,13-14H2,1-5H3. The first kappa shape index (κ1) is 26.0. The van der Waals surface area contributed by atoms with Crippen LogP contribution in [0.1, 0.15) is 40.3 Å². The van der Waals surface area contributed by atoms with Crippen LogP contribution in [-0.2, 0) is 4.74 Å². The van der Waals surface area contributed by atoms with Crippen LogP contribution in [0.25, 0.3) is 28.1 Å². The Morgan fingerprint density at radius 2 is 1.85 bits per heavy atom. The highest BCUT2D eigenvalue weighted by atomic mass is 19.1. The van der Waals surface area contributed by atoms with Crippen molar-refractivity contribution in [3.8, 4) is 23.1 Å². The van der Waals surface area contributed by atoms with Gasteiger partial charge in [0.05, 0.1) is 5.39 Å². The smallest absolute Gasteiger partial charge is 0.410 e. The highest BCUT2D eigenvalue weighted by Gasteiger charge is 2.36. The number of nitriles is 1. The SMILES string of the molecule is CC1CN(c2ncnc3c2c(-c2ccccc2F)cn3-c2nccc(C#N)n2)C(C)CN1C(=O)OC(C)(C)C. The van der Waals surface area contributed by atoms with E-state index in [-0.39, 0.29) is 29.8 Å². The summed E-state index contributed by atoms with van der Waals surface area (Å²) < 4.78 is 22.4. The molecule has 2 atom stereocenters. The van der Waals surface area contributed by atoms with Gasteiger partial charge in [-0.25, -0.2) is 29.1 Å². The molecule has 4 heterocycles. The van der Waals surface area contributed by atoms with Gasteiger partial charge >= 0.3 is 6.09 Å². The molecule has 1 saturated heterocycles. The molecule has 1 aromatic carbocycles. The lowest BCUT2D eigenvalue weighted by Gasteiger charge is -2.44. The summed E-state index contributed by atoms with van der Waals surface area (Å²) in [5, 5.41) is 9.99. The van der Waals surface area contributed by atoms with Crippen LogP contribution in [0.2, 0.25) is 0 Å². The Bertz CT molecular complexity index is 1590. The van der Waals surface area contributed by atoms with Gasteiger partial charge < -0.3 is 14.5 Å². The van der Waals surface area contributed by atoms with Crippen LogP contribution in [0.15, 0.2) is 49.1 Å². The maximum Gasteiger partial charge on any atom is 0.410 e. The molecular formula is C28H29FN8O2. The monoisotopic (exact) mass is 528 g/mol. The third kappa shape index (κ3) is 4.97. The van der Waals surface area contributed by atoms with E-state index >= 15 is 4.39 Å². The van der Waals surface area contributed by atoms with Crippen molar-refractivity contribution < 1.29 is 13.9 Å². The van der Waals surface area contributed by atoms with Crippen molar-refractivity contribution in [3.63, 3.8) is 0 Å². The summed E-state index contributed by atoms with van der Waals surface area (Å²) in [6.45, 7) is 10.4. The number of hydrogen-bond acceptors (Lipinski definition) is 8. The van der Waals surface area contributed by atoms with Crippen molar-refractivity contribution in [2.24, 2.45) is 0 Å². The minimum absolute atomic E-state index is 0.123. The van der Waals surface area contributed by atoms with Crippen molar-refractivity contribution in [2.75, 3.05) is 18.0 Å². The van der Waals surface area contributed by atoms with Crippen LogP contribution in [0, 0.1) is 17.1 Å². The molecule has 39 heavy (non-hydrogen) atoms. The van der Waals surface area contributed by atoms with E-state index in [2.05, 4.69) is 24.8 Å². The zero-order chi connectivity index (χ0) is 27.9. The number of benzene rings is 1. The van der Waals surface area contributed by atoms with E-state index in [0.717, 1.165) is 0 Å². The van der Waals surface area contributed by atoms with E-state index < -0.39 is 11.4 Å². The first-order chi connectivity index (χ1) is 18.6. The van der Waals surface area contributed by atoms with Crippen molar-refractivity contribution in [2.45, 2.75) is 52.3 Å². The zero-order valence-electron chi connectivity index (χ0n) is 22.5. The van der Waals surface area contributed by atoms with Gasteiger partial charge in [0, 0.05) is 48.7 Å². The van der Waals surface area contributed by atoms with Gasteiger partial charge in [0.2, 0.25) is 5.95 Å². The maximum atomic E-state index is 15.1. The van der Waals surface area contributed by atoms with Gasteiger partial charge in [-0.05, 0) is 46.8 Å². The fourth-order valence-electron chi connectivity index (χ4n) is 4.82. The Labute approximate surface area is 225 Å². The molecule has 0 bridgehead atoms. The van der Waals surface area contributed by atoms with E-state index in [1.807, 2.05) is 40.7 Å². The van der Waals surface area contributed by atoms with Gasteiger partial charge in [-0.2, -0.15) is 5.26 Å². The lowest BCUT2D eigenvalue weighted by molar-refractivity contribution is 0.0130. The van der Waals surface area contributed by atoms with Crippen molar-refractivity contribution >= 4 is 22.9 Å². The van der Waals surface area contributed by atoms with E-state index in [9.17, 15) is 10.1 Å². The Hall–Kier alpha value is -4.59. The average Bonchev–Trinajstić information content (AvgIpc) is 3.29. The lowest BCUT2D eigenvalue weighted by Crippen LogP contribution is -2.59. The molecule has 1 aliphatic rings. The molecule has 5 rings (SSSR count). The van der Waals surface area contributed by atoms with Gasteiger partial charge in [-0.3, -0.25) is 4.57 Å². The van der Waals surface area contributed by atoms with Crippen LogP contribution in [0.4, 0.5) is 15.0 Å². The number of rotatable bonds is 3. The summed E-state index contributed by atoms with van der Waals surface area (Å²) in [4.78, 5) is 34.6. The molecular weight excluding hydrogens is 499 g/mol. The predicted molar refractivity (Wildman–Crippen MR) is 144 cm³/mol. The number of amides is 1. The fraction of sp³-hybridized carbons (Fsp3) is 0.357. The largest absolute Gasteiger partial charge is 0.444 e. The molecule has 200 valence electrons. The third-order valence-corrected chi connectivity index (χ3v) is 6.59. The van der Waals surface area contributed by atoms with E-state index in [0.29, 0.717) is 41.1 Å². The second-order valence-electron chi connectivity index (χ2n) is 10.6. The molecule has 2 unspecified atom stereocenters. The molecule has 1 amide bonds. The minimum Gasteiger partial charge on any atom is -0.444 e. The molecule has 10 nitrogen and oxygen atoms in total. The molecule has 3 aromatic heterocycles. The van der Waals surface area contributed by atoms with Gasteiger partial charge in [-0.15, -0.1) is 0 Å². The number of anilines is 1. The van der Waals surface area contributed by atoms with E-state index in [1.165, 1.54) is 24.7 Å². The van der Waals surface area contributed by atoms with Crippen LogP contribution < -0.4 is 4.90 Å². The van der Waals surface area contributed by atoms with Crippen LogP contribution in [-0.4, -0.2) is 66.3 Å². The first-order valence-corrected chi connectivity index (χ1v) is 12.7. The molecule has 11 heteroatoms. The van der Waals surface area contributed by atoms with Crippen LogP contribution in [0.5, 0.6) is 0 Å². The van der Waals surface area contributed by atoms with Crippen molar-refractivity contribution in [3.05, 3.63) is 60.6 Å². The van der Waals surface area contributed by atoms with E-state index in [1.54, 1.807) is 33.9 Å². The summed E-state index contributed by atoms with van der Waals surface area (Å²) in [7, 11) is 0. The van der Waals surface area contributed by atoms with Gasteiger partial charge in [0.1, 0.15) is 35.3 Å². The molecule has 0 N–H and O–H groups in total. The fourth-order valence-corrected chi connectivity index (χ4v) is 4.82. The second kappa shape index (κ2) is 9.94. The third-order valence-electron chi connectivity index (χ3n) is 6.59. The zero-order valence-corrected chi connectivity index (χ0v) is 22.5. The summed E-state index contributed by atoms with van der Waals surface area (Å²) in [5.74, 6) is 0.452. The number of halogens is 1. The van der Waals surface area contributed by atoms with Gasteiger partial charge in [0.25, 0.3) is 0 Å². The Morgan fingerprint density at radius 1 is 1.08 bits per heavy atom.